The second kappa shape index (κ2) is 9.86. The summed E-state index contributed by atoms with van der Waals surface area (Å²) in [6.45, 7) is 9.08. The van der Waals surface area contributed by atoms with Crippen molar-refractivity contribution in [2.75, 3.05) is 13.2 Å². The van der Waals surface area contributed by atoms with Gasteiger partial charge in [0.1, 0.15) is 23.9 Å². The van der Waals surface area contributed by atoms with Gasteiger partial charge in [0.2, 0.25) is 0 Å². The standard InChI is InChI=1S/C21H33NO7/c1-20(2,3)29-19(25)22-15(12-26-11-14-9-7-6-8-10-14)17(23)18(24)16-13-27-21(4,5)28-16/h6-10,15-18,23-24H,11-13H2,1-5H3,(H,22,25)/t15-,16+,17-,18-/m1/s1. The van der Waals surface area contributed by atoms with E-state index in [4.69, 9.17) is 18.9 Å². The third-order valence-electron chi connectivity index (χ3n) is 4.28. The number of carbonyl (C=O) groups excluding carboxylic acids is 1. The highest BCUT2D eigenvalue weighted by Gasteiger charge is 2.42. The van der Waals surface area contributed by atoms with Crippen LogP contribution in [0.5, 0.6) is 0 Å². The average molecular weight is 411 g/mol. The van der Waals surface area contributed by atoms with E-state index in [1.807, 2.05) is 30.3 Å². The van der Waals surface area contributed by atoms with Crippen molar-refractivity contribution in [2.45, 2.75) is 77.0 Å². The lowest BCUT2D eigenvalue weighted by Crippen LogP contribution is -2.55. The van der Waals surface area contributed by atoms with Gasteiger partial charge in [-0.2, -0.15) is 0 Å². The second-order valence-corrected chi connectivity index (χ2v) is 8.60. The number of carbonyl (C=O) groups is 1. The van der Waals surface area contributed by atoms with E-state index in [1.165, 1.54) is 0 Å². The van der Waals surface area contributed by atoms with Crippen molar-refractivity contribution in [2.24, 2.45) is 0 Å². The molecule has 0 aliphatic carbocycles. The van der Waals surface area contributed by atoms with E-state index >= 15 is 0 Å². The van der Waals surface area contributed by atoms with E-state index in [1.54, 1.807) is 34.6 Å². The summed E-state index contributed by atoms with van der Waals surface area (Å²) in [4.78, 5) is 12.2. The fourth-order valence-corrected chi connectivity index (χ4v) is 2.90. The molecule has 1 aliphatic heterocycles. The summed E-state index contributed by atoms with van der Waals surface area (Å²) in [6, 6.07) is 8.61. The molecule has 0 radical (unpaired) electrons. The maximum absolute atomic E-state index is 12.2. The zero-order valence-electron chi connectivity index (χ0n) is 17.8. The Hall–Kier alpha value is -1.71. The van der Waals surface area contributed by atoms with Gasteiger partial charge >= 0.3 is 6.09 Å². The predicted molar refractivity (Wildman–Crippen MR) is 106 cm³/mol. The lowest BCUT2D eigenvalue weighted by atomic mass is 10.0. The van der Waals surface area contributed by atoms with E-state index < -0.39 is 41.8 Å². The number of hydrogen-bond acceptors (Lipinski definition) is 7. The van der Waals surface area contributed by atoms with Gasteiger partial charge in [-0.3, -0.25) is 0 Å². The van der Waals surface area contributed by atoms with Crippen molar-refractivity contribution < 1.29 is 34.0 Å². The molecule has 1 aromatic carbocycles. The molecular formula is C21H33NO7. The summed E-state index contributed by atoms with van der Waals surface area (Å²) in [6.07, 6.45) is -4.06. The van der Waals surface area contributed by atoms with Crippen molar-refractivity contribution >= 4 is 6.09 Å². The first-order valence-corrected chi connectivity index (χ1v) is 9.76. The summed E-state index contributed by atoms with van der Waals surface area (Å²) < 4.78 is 22.0. The van der Waals surface area contributed by atoms with Gasteiger partial charge in [-0.05, 0) is 40.2 Å². The molecule has 1 saturated heterocycles. The first-order chi connectivity index (χ1) is 13.5. The van der Waals surface area contributed by atoms with Crippen LogP contribution >= 0.6 is 0 Å². The Labute approximate surface area is 172 Å². The number of alkyl carbamates (subject to hydrolysis) is 1. The number of aliphatic hydroxyl groups excluding tert-OH is 2. The lowest BCUT2D eigenvalue weighted by Gasteiger charge is -2.31. The van der Waals surface area contributed by atoms with Crippen LogP contribution in [0.25, 0.3) is 0 Å². The van der Waals surface area contributed by atoms with Gasteiger partial charge in [-0.15, -0.1) is 0 Å². The Kier molecular flexibility index (Phi) is 8.02. The maximum atomic E-state index is 12.2. The first kappa shape index (κ1) is 23.6. The molecule has 1 fully saturated rings. The molecule has 8 nitrogen and oxygen atoms in total. The first-order valence-electron chi connectivity index (χ1n) is 9.76. The van der Waals surface area contributed by atoms with Crippen LogP contribution in [0.4, 0.5) is 4.79 Å². The number of amides is 1. The summed E-state index contributed by atoms with van der Waals surface area (Å²) in [5.74, 6) is -0.844. The Morgan fingerprint density at radius 1 is 1.28 bits per heavy atom. The molecular weight excluding hydrogens is 378 g/mol. The molecule has 2 rings (SSSR count). The topological polar surface area (TPSA) is 106 Å². The SMILES string of the molecule is CC(C)(C)OC(=O)N[C@H](COCc1ccccc1)[C@@H](O)[C@H](O)[C@@H]1COC(C)(C)O1. The quantitative estimate of drug-likeness (QED) is 0.600. The van der Waals surface area contributed by atoms with Crippen LogP contribution in [-0.4, -0.2) is 65.3 Å². The van der Waals surface area contributed by atoms with Crippen LogP contribution in [0.3, 0.4) is 0 Å². The fourth-order valence-electron chi connectivity index (χ4n) is 2.90. The Bertz CT molecular complexity index is 644. The molecule has 4 atom stereocenters. The zero-order valence-corrected chi connectivity index (χ0v) is 17.8. The van der Waals surface area contributed by atoms with Crippen LogP contribution in [0.2, 0.25) is 0 Å². The average Bonchev–Trinajstić information content (AvgIpc) is 2.99. The molecule has 0 bridgehead atoms. The Morgan fingerprint density at radius 2 is 1.93 bits per heavy atom. The summed E-state index contributed by atoms with van der Waals surface area (Å²) in [5, 5.41) is 23.9. The van der Waals surface area contributed by atoms with Crippen LogP contribution in [-0.2, 0) is 25.6 Å². The molecule has 164 valence electrons. The largest absolute Gasteiger partial charge is 0.444 e. The van der Waals surface area contributed by atoms with E-state index in [0.29, 0.717) is 6.61 Å². The molecule has 0 saturated carbocycles. The van der Waals surface area contributed by atoms with Gasteiger partial charge in [0.15, 0.2) is 5.79 Å². The molecule has 1 aromatic rings. The van der Waals surface area contributed by atoms with Gasteiger partial charge < -0.3 is 34.5 Å². The van der Waals surface area contributed by atoms with E-state index in [9.17, 15) is 15.0 Å². The molecule has 0 spiro atoms. The Balaban J connectivity index is 2.00. The van der Waals surface area contributed by atoms with Crippen LogP contribution in [0.1, 0.15) is 40.2 Å². The monoisotopic (exact) mass is 411 g/mol. The molecule has 1 heterocycles. The van der Waals surface area contributed by atoms with Gasteiger partial charge in [0.05, 0.1) is 25.9 Å². The predicted octanol–water partition coefficient (Wildman–Crippen LogP) is 1.97. The van der Waals surface area contributed by atoms with Gasteiger partial charge in [0, 0.05) is 0 Å². The van der Waals surface area contributed by atoms with Gasteiger partial charge in [-0.1, -0.05) is 30.3 Å². The third kappa shape index (κ3) is 7.91. The smallest absolute Gasteiger partial charge is 0.408 e. The molecule has 3 N–H and O–H groups in total. The van der Waals surface area contributed by atoms with Crippen LogP contribution in [0.15, 0.2) is 30.3 Å². The highest BCUT2D eigenvalue weighted by molar-refractivity contribution is 5.68. The lowest BCUT2D eigenvalue weighted by molar-refractivity contribution is -0.163. The third-order valence-corrected chi connectivity index (χ3v) is 4.28. The Morgan fingerprint density at radius 3 is 2.48 bits per heavy atom. The molecule has 0 unspecified atom stereocenters. The van der Waals surface area contributed by atoms with Crippen molar-refractivity contribution in [1.29, 1.82) is 0 Å². The zero-order chi connectivity index (χ0) is 21.7. The molecule has 8 heteroatoms. The number of rotatable bonds is 8. The number of ether oxygens (including phenoxy) is 4. The highest BCUT2D eigenvalue weighted by atomic mass is 16.7. The highest BCUT2D eigenvalue weighted by Crippen LogP contribution is 2.26. The number of hydrogen-bond donors (Lipinski definition) is 3. The molecule has 1 aliphatic rings. The van der Waals surface area contributed by atoms with E-state index in [-0.39, 0.29) is 13.2 Å². The van der Waals surface area contributed by atoms with Crippen molar-refractivity contribution in [1.82, 2.24) is 5.32 Å². The maximum Gasteiger partial charge on any atom is 0.408 e. The van der Waals surface area contributed by atoms with Crippen molar-refractivity contribution in [3.63, 3.8) is 0 Å². The summed E-state index contributed by atoms with van der Waals surface area (Å²) >= 11 is 0. The minimum Gasteiger partial charge on any atom is -0.444 e. The number of benzene rings is 1. The van der Waals surface area contributed by atoms with E-state index in [0.717, 1.165) is 5.56 Å². The molecule has 1 amide bonds. The second-order valence-electron chi connectivity index (χ2n) is 8.60. The summed E-state index contributed by atoms with van der Waals surface area (Å²) in [7, 11) is 0. The van der Waals surface area contributed by atoms with Crippen LogP contribution in [0, 0.1) is 0 Å². The van der Waals surface area contributed by atoms with Gasteiger partial charge in [0.25, 0.3) is 0 Å². The molecule has 0 aromatic heterocycles. The molecule has 29 heavy (non-hydrogen) atoms. The number of nitrogens with one attached hydrogen (secondary N) is 1. The summed E-state index contributed by atoms with van der Waals surface area (Å²) in [5.41, 5.74) is 0.253. The normalized spacial score (nSPS) is 22.0. The van der Waals surface area contributed by atoms with Crippen molar-refractivity contribution in [3.05, 3.63) is 35.9 Å². The van der Waals surface area contributed by atoms with E-state index in [2.05, 4.69) is 5.32 Å². The fraction of sp³-hybridized carbons (Fsp3) is 0.667. The van der Waals surface area contributed by atoms with Crippen LogP contribution < -0.4 is 5.32 Å². The van der Waals surface area contributed by atoms with Crippen molar-refractivity contribution in [3.8, 4) is 0 Å². The van der Waals surface area contributed by atoms with Gasteiger partial charge in [-0.25, -0.2) is 4.79 Å². The minimum absolute atomic E-state index is 0.0245. The minimum atomic E-state index is -1.35. The number of aliphatic hydroxyl groups is 2.